The Morgan fingerprint density at radius 2 is 1.00 bits per heavy atom. The molecule has 0 aliphatic heterocycles. The molecule has 0 saturated heterocycles. The van der Waals surface area contributed by atoms with Gasteiger partial charge in [0.2, 0.25) is 0 Å². The van der Waals surface area contributed by atoms with Gasteiger partial charge in [-0.15, -0.1) is 0 Å². The second-order valence-corrected chi connectivity index (χ2v) is 10.0. The Morgan fingerprint density at radius 1 is 0.571 bits per heavy atom. The molecule has 0 atom stereocenters. The van der Waals surface area contributed by atoms with Gasteiger partial charge in [0, 0.05) is 0 Å². The maximum atomic E-state index is 2.41. The molecule has 0 N–H and O–H groups in total. The van der Waals surface area contributed by atoms with Crippen molar-refractivity contribution >= 4 is 0 Å². The summed E-state index contributed by atoms with van der Waals surface area (Å²) in [6.45, 7) is 21.6. The zero-order valence-corrected chi connectivity index (χ0v) is 16.7. The molecule has 0 aliphatic carbocycles. The van der Waals surface area contributed by atoms with Gasteiger partial charge in [0.05, 0.1) is 0 Å². The van der Waals surface area contributed by atoms with Gasteiger partial charge in [-0.2, -0.15) is 0 Å². The Hall–Kier alpha value is 0. The molecule has 0 fully saturated rings. The third kappa shape index (κ3) is 11.2. The first-order chi connectivity index (χ1) is 9.46. The van der Waals surface area contributed by atoms with Gasteiger partial charge in [0.25, 0.3) is 0 Å². The van der Waals surface area contributed by atoms with Crippen LogP contribution in [0.2, 0.25) is 0 Å². The van der Waals surface area contributed by atoms with Gasteiger partial charge in [-0.3, -0.25) is 0 Å². The van der Waals surface area contributed by atoms with Crippen molar-refractivity contribution in [3.63, 3.8) is 0 Å². The predicted octanol–water partition coefficient (Wildman–Crippen LogP) is 7.72. The van der Waals surface area contributed by atoms with Gasteiger partial charge in [-0.1, -0.05) is 75.2 Å². The smallest absolute Gasteiger partial charge is 0.0295 e. The van der Waals surface area contributed by atoms with Gasteiger partial charge in [0.1, 0.15) is 0 Å². The van der Waals surface area contributed by atoms with Crippen LogP contribution in [0.5, 0.6) is 0 Å². The molecule has 0 bridgehead atoms. The van der Waals surface area contributed by atoms with E-state index in [1.165, 1.54) is 44.9 Å². The lowest BCUT2D eigenvalue weighted by Crippen LogP contribution is -2.26. The molecular weight excluding hydrogens is 252 g/mol. The van der Waals surface area contributed by atoms with E-state index in [1.54, 1.807) is 0 Å². The summed E-state index contributed by atoms with van der Waals surface area (Å²) in [4.78, 5) is 0. The Balaban J connectivity index is 4.98. The molecule has 0 aliphatic rings. The van der Waals surface area contributed by atoms with Crippen LogP contribution in [-0.4, -0.2) is 0 Å². The maximum Gasteiger partial charge on any atom is -0.0295 e. The van der Waals surface area contributed by atoms with E-state index < -0.39 is 0 Å². The van der Waals surface area contributed by atoms with Crippen LogP contribution in [-0.2, 0) is 0 Å². The monoisotopic (exact) mass is 296 g/mol. The van der Waals surface area contributed by atoms with Crippen LogP contribution < -0.4 is 0 Å². The zero-order chi connectivity index (χ0) is 16.7. The van der Waals surface area contributed by atoms with Crippen molar-refractivity contribution in [3.05, 3.63) is 0 Å². The van der Waals surface area contributed by atoms with Crippen molar-refractivity contribution in [1.82, 2.24) is 0 Å². The maximum absolute atomic E-state index is 2.41. The second kappa shape index (κ2) is 9.21. The molecule has 0 radical (unpaired) electrons. The van der Waals surface area contributed by atoms with Crippen molar-refractivity contribution in [3.8, 4) is 0 Å². The molecule has 21 heavy (non-hydrogen) atoms. The van der Waals surface area contributed by atoms with Crippen LogP contribution in [0, 0.1) is 28.6 Å². The summed E-state index contributed by atoms with van der Waals surface area (Å²) in [6.07, 6.45) is 9.88. The van der Waals surface area contributed by atoms with Crippen molar-refractivity contribution < 1.29 is 0 Å². The first kappa shape index (κ1) is 21.0. The fraction of sp³-hybridized carbons (Fsp3) is 1.00. The molecular formula is C21H44. The van der Waals surface area contributed by atoms with Crippen LogP contribution in [0.3, 0.4) is 0 Å². The molecule has 0 nitrogen and oxygen atoms in total. The largest absolute Gasteiger partial charge is 0.0628 e. The zero-order valence-electron chi connectivity index (χ0n) is 16.7. The topological polar surface area (TPSA) is 0 Å². The highest BCUT2D eigenvalue weighted by atomic mass is 14.4. The first-order valence-electron chi connectivity index (χ1n) is 9.46. The van der Waals surface area contributed by atoms with Crippen LogP contribution >= 0.6 is 0 Å². The Bertz CT molecular complexity index is 240. The van der Waals surface area contributed by atoms with E-state index in [2.05, 4.69) is 62.3 Å². The van der Waals surface area contributed by atoms with E-state index in [4.69, 9.17) is 0 Å². The summed E-state index contributed by atoms with van der Waals surface area (Å²) in [7, 11) is 0. The van der Waals surface area contributed by atoms with Crippen molar-refractivity contribution in [1.29, 1.82) is 0 Å². The van der Waals surface area contributed by atoms with Crippen LogP contribution in [0.1, 0.15) is 107 Å². The molecule has 0 saturated carbocycles. The van der Waals surface area contributed by atoms with E-state index in [0.29, 0.717) is 10.8 Å². The average Bonchev–Trinajstić information content (AvgIpc) is 2.29. The summed E-state index contributed by atoms with van der Waals surface area (Å²) < 4.78 is 0. The predicted molar refractivity (Wildman–Crippen MR) is 98.7 cm³/mol. The van der Waals surface area contributed by atoms with Gasteiger partial charge in [-0.25, -0.2) is 0 Å². The molecule has 0 amide bonds. The lowest BCUT2D eigenvalue weighted by Gasteiger charge is -2.39. The van der Waals surface area contributed by atoms with Gasteiger partial charge in [0.15, 0.2) is 0 Å². The molecule has 0 spiro atoms. The van der Waals surface area contributed by atoms with E-state index in [1.807, 2.05) is 0 Å². The first-order valence-corrected chi connectivity index (χ1v) is 9.46. The van der Waals surface area contributed by atoms with Gasteiger partial charge >= 0.3 is 0 Å². The Kier molecular flexibility index (Phi) is 9.21. The normalized spacial score (nSPS) is 13.7. The number of hydrogen-bond acceptors (Lipinski definition) is 0. The fourth-order valence-corrected chi connectivity index (χ4v) is 3.38. The average molecular weight is 297 g/mol. The number of rotatable bonds is 10. The molecule has 0 heterocycles. The summed E-state index contributed by atoms with van der Waals surface area (Å²) >= 11 is 0. The lowest BCUT2D eigenvalue weighted by atomic mass is 9.66. The van der Waals surface area contributed by atoms with Gasteiger partial charge < -0.3 is 0 Å². The number of hydrogen-bond donors (Lipinski definition) is 0. The molecule has 0 rings (SSSR count). The summed E-state index contributed by atoms with van der Waals surface area (Å²) in [5.74, 6) is 2.50. The molecule has 128 valence electrons. The van der Waals surface area contributed by atoms with E-state index in [9.17, 15) is 0 Å². The molecule has 0 aromatic rings. The molecule has 0 unspecified atom stereocenters. The minimum Gasteiger partial charge on any atom is -0.0628 e. The summed E-state index contributed by atoms with van der Waals surface area (Å²) in [6, 6.07) is 0. The Labute approximate surface area is 136 Å². The van der Waals surface area contributed by atoms with Crippen LogP contribution in [0.15, 0.2) is 0 Å². The van der Waals surface area contributed by atoms with E-state index in [-0.39, 0.29) is 0 Å². The summed E-state index contributed by atoms with van der Waals surface area (Å²) in [5, 5.41) is 0. The van der Waals surface area contributed by atoms with Crippen molar-refractivity contribution in [2.45, 2.75) is 107 Å². The quantitative estimate of drug-likeness (QED) is 0.387. The highest BCUT2D eigenvalue weighted by molar-refractivity contribution is 4.83. The molecule has 0 heteroatoms. The van der Waals surface area contributed by atoms with E-state index >= 15 is 0 Å². The minimum atomic E-state index is 0.470. The van der Waals surface area contributed by atoms with E-state index in [0.717, 1.165) is 17.8 Å². The highest BCUT2D eigenvalue weighted by Crippen LogP contribution is 2.44. The SMILES string of the molecule is CC(C)CCC(CCC(C)C)(CCC(C)(C)C)CC(C)C. The van der Waals surface area contributed by atoms with Crippen molar-refractivity contribution in [2.24, 2.45) is 28.6 Å². The highest BCUT2D eigenvalue weighted by Gasteiger charge is 2.32. The fourth-order valence-electron chi connectivity index (χ4n) is 3.38. The third-order valence-corrected chi connectivity index (χ3v) is 4.75. The second-order valence-electron chi connectivity index (χ2n) is 10.0. The Morgan fingerprint density at radius 3 is 1.29 bits per heavy atom. The van der Waals surface area contributed by atoms with Crippen molar-refractivity contribution in [2.75, 3.05) is 0 Å². The van der Waals surface area contributed by atoms with Crippen LogP contribution in [0.25, 0.3) is 0 Å². The summed E-state index contributed by atoms with van der Waals surface area (Å²) in [5.41, 5.74) is 1.06. The van der Waals surface area contributed by atoms with Gasteiger partial charge in [-0.05, 0) is 60.7 Å². The molecule has 0 aromatic heterocycles. The third-order valence-electron chi connectivity index (χ3n) is 4.75. The lowest BCUT2D eigenvalue weighted by molar-refractivity contribution is 0.127. The van der Waals surface area contributed by atoms with Crippen LogP contribution in [0.4, 0.5) is 0 Å². The molecule has 0 aromatic carbocycles. The standard InChI is InChI=1S/C21H44/c1-17(2)10-12-21(16-19(5)6,13-11-18(3)4)15-14-20(7,8)9/h17-19H,10-16H2,1-9H3. The minimum absolute atomic E-state index is 0.470.